The Labute approximate surface area is 202 Å². The molecule has 0 spiro atoms. The summed E-state index contributed by atoms with van der Waals surface area (Å²) in [5, 5.41) is 2.83. The zero-order valence-corrected chi connectivity index (χ0v) is 19.7. The van der Waals surface area contributed by atoms with Gasteiger partial charge in [-0.3, -0.25) is 9.78 Å². The van der Waals surface area contributed by atoms with Crippen molar-refractivity contribution in [3.05, 3.63) is 77.6 Å². The Hall–Kier alpha value is -3.59. The third kappa shape index (κ3) is 8.29. The Morgan fingerprint density at radius 1 is 0.971 bits per heavy atom. The molecule has 1 heterocycles. The molecule has 0 saturated heterocycles. The number of amides is 1. The number of carbonyl (C=O) groups excluding carboxylic acids is 1. The highest BCUT2D eigenvalue weighted by Crippen LogP contribution is 2.28. The lowest BCUT2D eigenvalue weighted by molar-refractivity contribution is -0.274. The number of ether oxygens (including phenoxy) is 3. The number of aromatic nitrogens is 1. The maximum Gasteiger partial charge on any atom is 0.573 e. The summed E-state index contributed by atoms with van der Waals surface area (Å²) in [6.07, 6.45) is -3.08. The van der Waals surface area contributed by atoms with Crippen molar-refractivity contribution < 1.29 is 32.2 Å². The minimum Gasteiger partial charge on any atom is -0.457 e. The van der Waals surface area contributed by atoms with E-state index in [0.29, 0.717) is 41.5 Å². The lowest BCUT2D eigenvalue weighted by Crippen LogP contribution is -2.16. The van der Waals surface area contributed by atoms with Crippen molar-refractivity contribution in [3.63, 3.8) is 0 Å². The first-order valence-electron chi connectivity index (χ1n) is 11.2. The number of aryl methyl sites for hydroxylation is 1. The third-order valence-corrected chi connectivity index (χ3v) is 4.90. The smallest absolute Gasteiger partial charge is 0.457 e. The number of halogens is 3. The monoisotopic (exact) mass is 488 g/mol. The van der Waals surface area contributed by atoms with Crippen molar-refractivity contribution in [1.29, 1.82) is 0 Å². The summed E-state index contributed by atoms with van der Waals surface area (Å²) in [5.74, 6) is 0.174. The van der Waals surface area contributed by atoms with Crippen molar-refractivity contribution in [2.75, 3.05) is 11.9 Å². The fraction of sp³-hybridized carbons (Fsp3) is 0.308. The van der Waals surface area contributed by atoms with Gasteiger partial charge in [0.15, 0.2) is 0 Å². The molecule has 0 bridgehead atoms. The molecule has 1 unspecified atom stereocenters. The van der Waals surface area contributed by atoms with Gasteiger partial charge in [-0.2, -0.15) is 0 Å². The highest BCUT2D eigenvalue weighted by molar-refractivity contribution is 6.05. The van der Waals surface area contributed by atoms with Gasteiger partial charge in [0.25, 0.3) is 5.91 Å². The third-order valence-electron chi connectivity index (χ3n) is 4.90. The van der Waals surface area contributed by atoms with Crippen LogP contribution < -0.4 is 14.8 Å². The van der Waals surface area contributed by atoms with E-state index in [1.807, 2.05) is 13.0 Å². The van der Waals surface area contributed by atoms with E-state index >= 15 is 0 Å². The maximum absolute atomic E-state index is 12.7. The summed E-state index contributed by atoms with van der Waals surface area (Å²) in [4.78, 5) is 17.3. The number of carbonyl (C=O) groups is 1. The van der Waals surface area contributed by atoms with Gasteiger partial charge in [0.05, 0.1) is 17.4 Å². The molecule has 1 N–H and O–H groups in total. The van der Waals surface area contributed by atoms with Crippen molar-refractivity contribution in [2.24, 2.45) is 0 Å². The van der Waals surface area contributed by atoms with Crippen LogP contribution in [0.15, 0.2) is 60.7 Å². The number of hydrogen-bond donors (Lipinski definition) is 1. The number of nitrogens with zero attached hydrogens (tertiary/aromatic N) is 1. The molecule has 1 amide bonds. The second-order valence-electron chi connectivity index (χ2n) is 7.92. The van der Waals surface area contributed by atoms with E-state index < -0.39 is 6.36 Å². The van der Waals surface area contributed by atoms with E-state index in [2.05, 4.69) is 22.0 Å². The van der Waals surface area contributed by atoms with Crippen LogP contribution in [0.5, 0.6) is 17.2 Å². The number of alkyl halides is 3. The highest BCUT2D eigenvalue weighted by atomic mass is 19.4. The Balaban J connectivity index is 1.57. The molecular weight excluding hydrogens is 461 g/mol. The number of hydrogen-bond acceptors (Lipinski definition) is 5. The predicted molar refractivity (Wildman–Crippen MR) is 126 cm³/mol. The van der Waals surface area contributed by atoms with Crippen LogP contribution >= 0.6 is 0 Å². The molecule has 35 heavy (non-hydrogen) atoms. The van der Waals surface area contributed by atoms with Crippen molar-refractivity contribution in [2.45, 2.75) is 46.1 Å². The van der Waals surface area contributed by atoms with Crippen LogP contribution in [0.2, 0.25) is 0 Å². The molecular formula is C26H27F3N2O4. The minimum absolute atomic E-state index is 0.0495. The van der Waals surface area contributed by atoms with Gasteiger partial charge >= 0.3 is 6.36 Å². The Morgan fingerprint density at radius 2 is 1.57 bits per heavy atom. The fourth-order valence-electron chi connectivity index (χ4n) is 3.29. The van der Waals surface area contributed by atoms with Gasteiger partial charge in [-0.25, -0.2) is 0 Å². The number of benzene rings is 2. The maximum atomic E-state index is 12.7. The van der Waals surface area contributed by atoms with Crippen molar-refractivity contribution in [1.82, 2.24) is 4.98 Å². The molecule has 0 fully saturated rings. The molecule has 0 aliphatic carbocycles. The molecule has 0 saturated carbocycles. The molecule has 0 aliphatic heterocycles. The van der Waals surface area contributed by atoms with Crippen LogP contribution in [0, 0.1) is 6.92 Å². The quantitative estimate of drug-likeness (QED) is 0.344. The zero-order chi connectivity index (χ0) is 25.4. The number of rotatable bonds is 10. The van der Waals surface area contributed by atoms with Gasteiger partial charge in [0.2, 0.25) is 0 Å². The van der Waals surface area contributed by atoms with Gasteiger partial charge in [-0.05, 0) is 80.9 Å². The number of pyridine rings is 1. The lowest BCUT2D eigenvalue weighted by atomic mass is 10.1. The van der Waals surface area contributed by atoms with Gasteiger partial charge < -0.3 is 19.5 Å². The van der Waals surface area contributed by atoms with Crippen LogP contribution in [-0.2, 0) is 11.2 Å². The average molecular weight is 489 g/mol. The average Bonchev–Trinajstić information content (AvgIpc) is 2.79. The molecule has 3 aromatic rings. The Kier molecular flexibility index (Phi) is 8.70. The van der Waals surface area contributed by atoms with Gasteiger partial charge in [-0.15, -0.1) is 13.2 Å². The zero-order valence-electron chi connectivity index (χ0n) is 19.7. The first-order valence-corrected chi connectivity index (χ1v) is 11.2. The van der Waals surface area contributed by atoms with E-state index in [1.165, 1.54) is 12.1 Å². The molecule has 0 radical (unpaired) electrons. The van der Waals surface area contributed by atoms with E-state index in [1.54, 1.807) is 37.3 Å². The lowest BCUT2D eigenvalue weighted by Gasteiger charge is -2.13. The largest absolute Gasteiger partial charge is 0.573 e. The first kappa shape index (κ1) is 26.0. The van der Waals surface area contributed by atoms with Crippen molar-refractivity contribution in [3.8, 4) is 17.2 Å². The molecule has 1 atom stereocenters. The van der Waals surface area contributed by atoms with Crippen LogP contribution in [0.4, 0.5) is 18.9 Å². The van der Waals surface area contributed by atoms with Crippen LogP contribution in [0.1, 0.15) is 42.0 Å². The Morgan fingerprint density at radius 3 is 2.14 bits per heavy atom. The number of nitrogens with one attached hydrogen (secondary N) is 1. The molecule has 3 rings (SSSR count). The first-order chi connectivity index (χ1) is 16.6. The van der Waals surface area contributed by atoms with Crippen molar-refractivity contribution >= 4 is 11.6 Å². The van der Waals surface area contributed by atoms with Gasteiger partial charge in [0.1, 0.15) is 17.2 Å². The molecule has 6 nitrogen and oxygen atoms in total. The summed E-state index contributed by atoms with van der Waals surface area (Å²) in [7, 11) is 0. The summed E-state index contributed by atoms with van der Waals surface area (Å²) < 4.78 is 51.9. The number of anilines is 1. The molecule has 1 aromatic heterocycles. The minimum atomic E-state index is -4.75. The molecule has 9 heteroatoms. The van der Waals surface area contributed by atoms with Gasteiger partial charge in [0, 0.05) is 24.4 Å². The van der Waals surface area contributed by atoms with Gasteiger partial charge in [-0.1, -0.05) is 6.92 Å². The summed E-state index contributed by atoms with van der Waals surface area (Å²) >= 11 is 0. The standard InChI is InChI=1S/C26H27F3N2O4/c1-4-15-33-17(2)16-20-7-14-24(18(3)30-20)25(32)31-19-5-8-21(9-6-19)34-22-10-12-23(13-11-22)35-26(27,28)29/h5-14,17H,4,15-16H2,1-3H3,(H,31,32). The second-order valence-corrected chi connectivity index (χ2v) is 7.92. The normalized spacial score (nSPS) is 12.2. The SMILES string of the molecule is CCCOC(C)Cc1ccc(C(=O)Nc2ccc(Oc3ccc(OC(F)(F)F)cc3)cc2)c(C)n1. The van der Waals surface area contributed by atoms with E-state index in [4.69, 9.17) is 9.47 Å². The summed E-state index contributed by atoms with van der Waals surface area (Å²) in [6.45, 7) is 6.55. The van der Waals surface area contributed by atoms with E-state index in [0.717, 1.165) is 24.2 Å². The predicted octanol–water partition coefficient (Wildman–Crippen LogP) is 6.69. The fourth-order valence-corrected chi connectivity index (χ4v) is 3.29. The molecule has 2 aromatic carbocycles. The second kappa shape index (κ2) is 11.7. The Bertz CT molecular complexity index is 1120. The topological polar surface area (TPSA) is 69.7 Å². The molecule has 186 valence electrons. The highest BCUT2D eigenvalue weighted by Gasteiger charge is 2.31. The molecule has 0 aliphatic rings. The van der Waals surface area contributed by atoms with E-state index in [-0.39, 0.29) is 17.8 Å². The summed E-state index contributed by atoms with van der Waals surface area (Å²) in [6, 6.07) is 15.3. The van der Waals surface area contributed by atoms with Crippen LogP contribution in [0.25, 0.3) is 0 Å². The van der Waals surface area contributed by atoms with Crippen LogP contribution in [0.3, 0.4) is 0 Å². The van der Waals surface area contributed by atoms with E-state index in [9.17, 15) is 18.0 Å². The van der Waals surface area contributed by atoms with Crippen LogP contribution in [-0.4, -0.2) is 30.0 Å². The summed E-state index contributed by atoms with van der Waals surface area (Å²) in [5.41, 5.74) is 2.52.